The Morgan fingerprint density at radius 2 is 1.78 bits per heavy atom. The highest BCUT2D eigenvalue weighted by molar-refractivity contribution is 7.78. The Morgan fingerprint density at radius 3 is 2.37 bits per heavy atom. The van der Waals surface area contributed by atoms with Crippen molar-refractivity contribution in [3.05, 3.63) is 29.8 Å². The van der Waals surface area contributed by atoms with Crippen LogP contribution in [0.25, 0.3) is 1.43 Å². The number of isothiocyanates is 1. The van der Waals surface area contributed by atoms with Crippen LogP contribution < -0.4 is 21.7 Å². The molecular formula is C16H19N5O5S. The summed E-state index contributed by atoms with van der Waals surface area (Å²) >= 11 is 4.51. The zero-order valence-corrected chi connectivity index (χ0v) is 15.0. The summed E-state index contributed by atoms with van der Waals surface area (Å²) in [6, 6.07) is 5.51. The fraction of sp³-hybridized carbons (Fsp3) is 0.312. The summed E-state index contributed by atoms with van der Waals surface area (Å²) in [6.45, 7) is -1.02. The van der Waals surface area contributed by atoms with Crippen molar-refractivity contribution in [1.82, 2.24) is 16.0 Å². The zero-order chi connectivity index (χ0) is 20.9. The number of nitrogens with zero attached hydrogens (tertiary/aromatic N) is 1. The molecule has 27 heavy (non-hydrogen) atoms. The minimum Gasteiger partial charge on any atom is -0.480 e. The monoisotopic (exact) mass is 394 g/mol. The summed E-state index contributed by atoms with van der Waals surface area (Å²) in [5.74, 6) is -2.75. The van der Waals surface area contributed by atoms with Crippen LogP contribution in [0.4, 0.5) is 5.69 Å². The van der Waals surface area contributed by atoms with Crippen LogP contribution >= 0.6 is 12.2 Å². The summed E-state index contributed by atoms with van der Waals surface area (Å²) in [7, 11) is 0. The number of carboxylic acid groups (broad SMARTS) is 1. The van der Waals surface area contributed by atoms with E-state index in [-0.39, 0.29) is 19.5 Å². The van der Waals surface area contributed by atoms with E-state index in [4.69, 9.17) is 7.16 Å². The highest BCUT2D eigenvalue weighted by Crippen LogP contribution is 2.13. The average molecular weight is 394 g/mol. The summed E-state index contributed by atoms with van der Waals surface area (Å²) in [4.78, 5) is 50.0. The van der Waals surface area contributed by atoms with Gasteiger partial charge in [0.1, 0.15) is 6.04 Å². The fourth-order valence-corrected chi connectivity index (χ4v) is 2.03. The van der Waals surface area contributed by atoms with Crippen molar-refractivity contribution in [1.29, 1.82) is 1.43 Å². The van der Waals surface area contributed by atoms with Gasteiger partial charge in [0.05, 0.1) is 30.5 Å². The molecule has 11 heteroatoms. The maximum absolute atomic E-state index is 12.0. The van der Waals surface area contributed by atoms with Gasteiger partial charge < -0.3 is 26.8 Å². The molecule has 0 aliphatic carbocycles. The number of thiocarbonyl (C=S) groups is 1. The van der Waals surface area contributed by atoms with Crippen LogP contribution in [0, 0.1) is 0 Å². The average Bonchev–Trinajstić information content (AvgIpc) is 2.70. The molecule has 0 fully saturated rings. The van der Waals surface area contributed by atoms with Crippen molar-refractivity contribution < 1.29 is 24.3 Å². The highest BCUT2D eigenvalue weighted by atomic mass is 32.1. The van der Waals surface area contributed by atoms with Crippen LogP contribution in [0.1, 0.15) is 5.56 Å². The van der Waals surface area contributed by atoms with Gasteiger partial charge in [-0.1, -0.05) is 12.1 Å². The standard InChI is InChI=1S/C16H19N5O5S/c17-6-13(22)18-7-14(23)19-8-15(24)21-12(16(25)26)5-10-1-3-11(4-2-10)20-9-27/h1-4,12H,5-8,17H2,(H,18,22)(H,19,23)(H,21,24)(H,25,26)/t12-/m0/s1/i/hD. The van der Waals surface area contributed by atoms with Gasteiger partial charge in [-0.25, -0.2) is 4.79 Å². The Labute approximate surface area is 161 Å². The number of hydrogen-bond acceptors (Lipinski definition) is 8. The summed E-state index contributed by atoms with van der Waals surface area (Å²) in [5, 5.41) is 13.1. The second kappa shape index (κ2) is 11.5. The van der Waals surface area contributed by atoms with Gasteiger partial charge in [0.15, 0.2) is 0 Å². The van der Waals surface area contributed by atoms with E-state index in [0.717, 1.165) is 0 Å². The Kier molecular flexibility index (Phi) is 8.57. The molecule has 6 N–H and O–H groups in total. The van der Waals surface area contributed by atoms with Crippen molar-refractivity contribution in [3.8, 4) is 0 Å². The second-order valence-corrected chi connectivity index (χ2v) is 5.45. The number of benzene rings is 1. The van der Waals surface area contributed by atoms with Crippen molar-refractivity contribution >= 4 is 46.8 Å². The first-order chi connectivity index (χ1) is 13.4. The number of aliphatic imine (C=N–C) groups is 1. The van der Waals surface area contributed by atoms with E-state index < -0.39 is 36.3 Å². The van der Waals surface area contributed by atoms with E-state index >= 15 is 0 Å². The molecule has 1 aromatic carbocycles. The highest BCUT2D eigenvalue weighted by Gasteiger charge is 2.20. The molecule has 0 heterocycles. The van der Waals surface area contributed by atoms with E-state index in [1.165, 1.54) is 0 Å². The van der Waals surface area contributed by atoms with Gasteiger partial charge in [0, 0.05) is 6.42 Å². The number of rotatable bonds is 10. The number of nitrogens with two attached hydrogens (primary N) is 1. The number of hydrogen-bond donors (Lipinski definition) is 5. The molecule has 0 aliphatic heterocycles. The van der Waals surface area contributed by atoms with E-state index in [2.05, 4.69) is 43.4 Å². The number of nitrogens with one attached hydrogen (secondary N) is 3. The topological polar surface area (TPSA) is 163 Å². The van der Waals surface area contributed by atoms with Gasteiger partial charge in [0.2, 0.25) is 17.7 Å². The van der Waals surface area contributed by atoms with E-state index in [0.29, 0.717) is 11.3 Å². The van der Waals surface area contributed by atoms with Crippen molar-refractivity contribution in [2.24, 2.45) is 10.7 Å². The van der Waals surface area contributed by atoms with Crippen LogP contribution in [0.3, 0.4) is 0 Å². The Morgan fingerprint density at radius 1 is 1.15 bits per heavy atom. The number of amides is 3. The van der Waals surface area contributed by atoms with Crippen LogP contribution in [-0.2, 0) is 25.6 Å². The normalized spacial score (nSPS) is 11.2. The molecule has 1 rings (SSSR count). The van der Waals surface area contributed by atoms with Gasteiger partial charge in [-0.05, 0) is 29.9 Å². The molecule has 0 saturated heterocycles. The molecule has 144 valence electrons. The molecule has 10 nitrogen and oxygen atoms in total. The minimum absolute atomic E-state index is 0.0611. The third-order valence-corrected chi connectivity index (χ3v) is 3.34. The predicted molar refractivity (Wildman–Crippen MR) is 99.5 cm³/mol. The molecule has 0 radical (unpaired) electrons. The van der Waals surface area contributed by atoms with Crippen molar-refractivity contribution in [2.45, 2.75) is 12.5 Å². The molecule has 0 unspecified atom stereocenters. The predicted octanol–water partition coefficient (Wildman–Crippen LogP) is -1.28. The van der Waals surface area contributed by atoms with Crippen LogP contribution in [0.5, 0.6) is 0 Å². The molecule has 0 saturated carbocycles. The van der Waals surface area contributed by atoms with Crippen LogP contribution in [0.2, 0.25) is 0 Å². The second-order valence-electron chi connectivity index (χ2n) is 5.27. The molecular weight excluding hydrogens is 374 g/mol. The molecule has 0 aliphatic rings. The molecule has 0 spiro atoms. The summed E-state index contributed by atoms with van der Waals surface area (Å²) in [6.07, 6.45) is 0.0611. The van der Waals surface area contributed by atoms with Gasteiger partial charge in [-0.2, -0.15) is 4.99 Å². The maximum atomic E-state index is 12.0. The Hall–Kier alpha value is -3.14. The fourth-order valence-electron chi connectivity index (χ4n) is 1.93. The lowest BCUT2D eigenvalue weighted by Crippen LogP contribution is -2.48. The molecule has 1 atom stereocenters. The first-order valence-electron chi connectivity index (χ1n) is 8.17. The Balaban J connectivity index is 2.59. The third kappa shape index (κ3) is 8.68. The summed E-state index contributed by atoms with van der Waals surface area (Å²) in [5.41, 5.74) is 6.33. The summed E-state index contributed by atoms with van der Waals surface area (Å²) < 4.78 is 6.77. The van der Waals surface area contributed by atoms with Gasteiger partial charge in [-0.15, -0.1) is 0 Å². The maximum Gasteiger partial charge on any atom is 0.326 e. The van der Waals surface area contributed by atoms with Crippen LogP contribution in [-0.4, -0.2) is 59.6 Å². The minimum atomic E-state index is -1.13. The van der Waals surface area contributed by atoms with E-state index in [9.17, 15) is 19.2 Å². The largest absolute Gasteiger partial charge is 0.480 e. The molecule has 0 aromatic heterocycles. The first-order valence-corrected chi connectivity index (χ1v) is 8.17. The molecule has 0 bridgehead atoms. The van der Waals surface area contributed by atoms with Gasteiger partial charge in [0.25, 0.3) is 1.43 Å². The third-order valence-electron chi connectivity index (χ3n) is 3.25. The van der Waals surface area contributed by atoms with Gasteiger partial charge in [-0.3, -0.25) is 14.4 Å². The number of carboxylic acids is 1. The molecule has 1 aromatic rings. The lowest BCUT2D eigenvalue weighted by atomic mass is 10.1. The van der Waals surface area contributed by atoms with Gasteiger partial charge >= 0.3 is 5.97 Å². The van der Waals surface area contributed by atoms with E-state index in [1.807, 2.05) is 0 Å². The van der Waals surface area contributed by atoms with E-state index in [1.54, 1.807) is 24.3 Å². The SMILES string of the molecule is [2H]OC(=O)[C@H](Cc1ccc(N=C=S)cc1)NC(=O)CNC(=O)CNC(=O)CN. The lowest BCUT2D eigenvalue weighted by molar-refractivity contribution is -0.141. The number of carbonyl (C=O) groups excluding carboxylic acids is 3. The quantitative estimate of drug-likeness (QED) is 0.244. The lowest BCUT2D eigenvalue weighted by Gasteiger charge is -2.15. The first kappa shape index (κ1) is 20.2. The smallest absolute Gasteiger partial charge is 0.326 e. The van der Waals surface area contributed by atoms with Crippen molar-refractivity contribution in [3.63, 3.8) is 0 Å². The van der Waals surface area contributed by atoms with Crippen LogP contribution in [0.15, 0.2) is 29.3 Å². The zero-order valence-electron chi connectivity index (χ0n) is 15.2. The number of carbonyl (C=O) groups is 4. The van der Waals surface area contributed by atoms with Crippen molar-refractivity contribution in [2.75, 3.05) is 19.6 Å². The molecule has 3 amide bonds. The Bertz CT molecular complexity index is 767. The number of aliphatic carboxylic acids is 1.